The summed E-state index contributed by atoms with van der Waals surface area (Å²) in [5.41, 5.74) is 1.19. The molecule has 2 aromatic carbocycles. The fraction of sp³-hybridized carbons (Fsp3) is 0.158. The van der Waals surface area contributed by atoms with Crippen molar-refractivity contribution >= 4 is 33.6 Å². The van der Waals surface area contributed by atoms with Crippen molar-refractivity contribution in [3.8, 4) is 16.3 Å². The predicted molar refractivity (Wildman–Crippen MR) is 111 cm³/mol. The van der Waals surface area contributed by atoms with Gasteiger partial charge in [0.15, 0.2) is 18.2 Å². The molecule has 4 aromatic rings. The highest BCUT2D eigenvalue weighted by Crippen LogP contribution is 2.28. The molecule has 1 amide bonds. The highest BCUT2D eigenvalue weighted by molar-refractivity contribution is 7.19. The van der Waals surface area contributed by atoms with Gasteiger partial charge in [-0.05, 0) is 18.2 Å². The molecule has 0 atom stereocenters. The van der Waals surface area contributed by atoms with Gasteiger partial charge in [0.2, 0.25) is 4.96 Å². The van der Waals surface area contributed by atoms with Crippen LogP contribution in [0.3, 0.4) is 0 Å². The van der Waals surface area contributed by atoms with Crippen LogP contribution in [0, 0.1) is 10.1 Å². The molecule has 0 saturated carbocycles. The van der Waals surface area contributed by atoms with E-state index in [4.69, 9.17) is 4.74 Å². The lowest BCUT2D eigenvalue weighted by atomic mass is 10.2. The van der Waals surface area contributed by atoms with E-state index >= 15 is 0 Å². The summed E-state index contributed by atoms with van der Waals surface area (Å²) in [7, 11) is 0. The van der Waals surface area contributed by atoms with Gasteiger partial charge in [-0.1, -0.05) is 42.5 Å². The van der Waals surface area contributed by atoms with Crippen LogP contribution < -0.4 is 10.1 Å². The molecular weight excluding hydrogens is 408 g/mol. The van der Waals surface area contributed by atoms with Gasteiger partial charge in [0.1, 0.15) is 5.01 Å². The first-order chi connectivity index (χ1) is 14.5. The Bertz CT molecular complexity index is 1230. The first-order valence-corrected chi connectivity index (χ1v) is 9.84. The van der Waals surface area contributed by atoms with Crippen molar-refractivity contribution in [2.75, 3.05) is 11.9 Å². The Labute approximate surface area is 174 Å². The molecular formula is C19H16N6O4S. The maximum atomic E-state index is 12.3. The van der Waals surface area contributed by atoms with Gasteiger partial charge in [0.25, 0.3) is 5.91 Å². The van der Waals surface area contributed by atoms with E-state index in [0.29, 0.717) is 10.6 Å². The second-order valence-corrected chi connectivity index (χ2v) is 7.17. The highest BCUT2D eigenvalue weighted by atomic mass is 32.1. The zero-order chi connectivity index (χ0) is 21.1. The molecule has 30 heavy (non-hydrogen) atoms. The fourth-order valence-electron chi connectivity index (χ4n) is 2.79. The Hall–Kier alpha value is -3.86. The van der Waals surface area contributed by atoms with Gasteiger partial charge < -0.3 is 10.1 Å². The number of ether oxygens (including phenoxy) is 1. The van der Waals surface area contributed by atoms with E-state index in [-0.39, 0.29) is 18.0 Å². The van der Waals surface area contributed by atoms with Crippen LogP contribution in [0.2, 0.25) is 0 Å². The lowest BCUT2D eigenvalue weighted by Crippen LogP contribution is -2.20. The summed E-state index contributed by atoms with van der Waals surface area (Å²) in [5, 5.41) is 27.2. The number of hydrogen-bond acceptors (Lipinski definition) is 8. The summed E-state index contributed by atoms with van der Waals surface area (Å²) in [6.07, 6.45) is 0.722. The molecule has 11 heteroatoms. The molecule has 0 fully saturated rings. The number of aromatic nitrogens is 4. The number of benzene rings is 2. The summed E-state index contributed by atoms with van der Waals surface area (Å²) >= 11 is 1.40. The molecule has 2 aromatic heterocycles. The standard InChI is InChI=1S/C19H16N6O4S/c1-2-16-21-22-19-24(16)23-18(30-19)12-6-5-7-13(10-12)20-17(26)11-29-15-9-4-3-8-14(15)25(27)28/h3-10H,2,11H2,1H3,(H,20,26). The Morgan fingerprint density at radius 2 is 2.07 bits per heavy atom. The molecule has 0 unspecified atom stereocenters. The molecule has 1 N–H and O–H groups in total. The fourth-order valence-corrected chi connectivity index (χ4v) is 3.65. The monoisotopic (exact) mass is 424 g/mol. The number of aryl methyl sites for hydroxylation is 1. The van der Waals surface area contributed by atoms with Crippen LogP contribution in [0.1, 0.15) is 12.7 Å². The van der Waals surface area contributed by atoms with E-state index in [1.165, 1.54) is 29.5 Å². The second kappa shape index (κ2) is 8.25. The quantitative estimate of drug-likeness (QED) is 0.356. The highest BCUT2D eigenvalue weighted by Gasteiger charge is 2.16. The van der Waals surface area contributed by atoms with Crippen LogP contribution in [0.15, 0.2) is 48.5 Å². The lowest BCUT2D eigenvalue weighted by molar-refractivity contribution is -0.385. The number of carbonyl (C=O) groups is 1. The SMILES string of the molecule is CCc1nnc2sc(-c3cccc(NC(=O)COc4ccccc4[N+](=O)[O-])c3)nn12. The Morgan fingerprint density at radius 3 is 2.87 bits per heavy atom. The molecule has 2 heterocycles. The van der Waals surface area contributed by atoms with E-state index in [1.54, 1.807) is 28.8 Å². The largest absolute Gasteiger partial charge is 0.477 e. The van der Waals surface area contributed by atoms with Gasteiger partial charge in [-0.2, -0.15) is 9.61 Å². The van der Waals surface area contributed by atoms with Gasteiger partial charge in [-0.15, -0.1) is 10.2 Å². The minimum Gasteiger partial charge on any atom is -0.477 e. The predicted octanol–water partition coefficient (Wildman–Crippen LogP) is 3.34. The second-order valence-electron chi connectivity index (χ2n) is 6.21. The van der Waals surface area contributed by atoms with E-state index in [2.05, 4.69) is 20.6 Å². The summed E-state index contributed by atoms with van der Waals surface area (Å²) in [6, 6.07) is 13.1. The minimum atomic E-state index is -0.555. The molecule has 0 bridgehead atoms. The molecule has 152 valence electrons. The number of nitro benzene ring substituents is 1. The van der Waals surface area contributed by atoms with E-state index in [9.17, 15) is 14.9 Å². The minimum absolute atomic E-state index is 0.0397. The maximum Gasteiger partial charge on any atom is 0.310 e. The summed E-state index contributed by atoms with van der Waals surface area (Å²) < 4.78 is 7.03. The third kappa shape index (κ3) is 3.96. The summed E-state index contributed by atoms with van der Waals surface area (Å²) in [5.74, 6) is 0.388. The average Bonchev–Trinajstić information content (AvgIpc) is 3.33. The van der Waals surface area contributed by atoms with E-state index < -0.39 is 10.8 Å². The first-order valence-electron chi connectivity index (χ1n) is 9.02. The number of fused-ring (bicyclic) bond motifs is 1. The molecule has 0 saturated heterocycles. The normalized spacial score (nSPS) is 10.8. The Balaban J connectivity index is 1.45. The van der Waals surface area contributed by atoms with Crippen LogP contribution >= 0.6 is 11.3 Å². The van der Waals surface area contributed by atoms with Crippen molar-refractivity contribution in [3.63, 3.8) is 0 Å². The maximum absolute atomic E-state index is 12.3. The Kier molecular flexibility index (Phi) is 5.35. The van der Waals surface area contributed by atoms with Gasteiger partial charge in [0.05, 0.1) is 4.92 Å². The van der Waals surface area contributed by atoms with Gasteiger partial charge >= 0.3 is 5.69 Å². The number of para-hydroxylation sites is 2. The van der Waals surface area contributed by atoms with Crippen LogP contribution in [-0.2, 0) is 11.2 Å². The summed E-state index contributed by atoms with van der Waals surface area (Å²) in [4.78, 5) is 23.4. The zero-order valence-electron chi connectivity index (χ0n) is 15.8. The number of nitrogens with one attached hydrogen (secondary N) is 1. The molecule has 0 aliphatic heterocycles. The Morgan fingerprint density at radius 1 is 1.23 bits per heavy atom. The van der Waals surface area contributed by atoms with Crippen LogP contribution in [0.4, 0.5) is 11.4 Å². The van der Waals surface area contributed by atoms with Crippen molar-refractivity contribution in [3.05, 3.63) is 64.5 Å². The van der Waals surface area contributed by atoms with Crippen molar-refractivity contribution in [1.29, 1.82) is 0 Å². The van der Waals surface area contributed by atoms with Gasteiger partial charge in [-0.25, -0.2) is 0 Å². The molecule has 0 aliphatic rings. The number of rotatable bonds is 7. The number of carbonyl (C=O) groups excluding carboxylic acids is 1. The summed E-state index contributed by atoms with van der Waals surface area (Å²) in [6.45, 7) is 1.63. The number of nitrogens with zero attached hydrogens (tertiary/aromatic N) is 5. The van der Waals surface area contributed by atoms with Crippen LogP contribution in [-0.4, -0.2) is 37.2 Å². The van der Waals surface area contributed by atoms with Crippen molar-refractivity contribution < 1.29 is 14.5 Å². The smallest absolute Gasteiger partial charge is 0.310 e. The van der Waals surface area contributed by atoms with Gasteiger partial charge in [-0.3, -0.25) is 14.9 Å². The van der Waals surface area contributed by atoms with E-state index in [0.717, 1.165) is 22.8 Å². The number of anilines is 1. The van der Waals surface area contributed by atoms with Crippen molar-refractivity contribution in [1.82, 2.24) is 19.8 Å². The third-order valence-corrected chi connectivity index (χ3v) is 5.13. The average molecular weight is 424 g/mol. The van der Waals surface area contributed by atoms with Crippen LogP contribution in [0.5, 0.6) is 5.75 Å². The van der Waals surface area contributed by atoms with Crippen molar-refractivity contribution in [2.45, 2.75) is 13.3 Å². The van der Waals surface area contributed by atoms with Crippen LogP contribution in [0.25, 0.3) is 15.5 Å². The van der Waals surface area contributed by atoms with Gasteiger partial charge in [0, 0.05) is 23.7 Å². The lowest BCUT2D eigenvalue weighted by Gasteiger charge is -2.08. The molecule has 4 rings (SSSR count). The van der Waals surface area contributed by atoms with E-state index in [1.807, 2.05) is 13.0 Å². The third-order valence-electron chi connectivity index (χ3n) is 4.19. The number of nitro groups is 1. The zero-order valence-corrected chi connectivity index (χ0v) is 16.6. The van der Waals surface area contributed by atoms with Crippen molar-refractivity contribution in [2.24, 2.45) is 0 Å². The molecule has 10 nitrogen and oxygen atoms in total. The number of amides is 1. The molecule has 0 radical (unpaired) electrons. The number of hydrogen-bond donors (Lipinski definition) is 1. The first kappa shape index (κ1) is 19.5. The topological polar surface area (TPSA) is 125 Å². The molecule has 0 spiro atoms. The molecule has 0 aliphatic carbocycles.